The molecule has 2 heteroatoms. The maximum atomic E-state index is 7.00. The van der Waals surface area contributed by atoms with E-state index in [4.69, 9.17) is 4.42 Å². The maximum absolute atomic E-state index is 7.00. The van der Waals surface area contributed by atoms with Gasteiger partial charge in [-0.15, -0.1) is 0 Å². The van der Waals surface area contributed by atoms with Crippen LogP contribution in [0.2, 0.25) is 0 Å². The van der Waals surface area contributed by atoms with E-state index in [1.165, 1.54) is 54.2 Å². The van der Waals surface area contributed by atoms with Crippen molar-refractivity contribution in [3.8, 4) is 44.5 Å². The second kappa shape index (κ2) is 15.5. The predicted molar refractivity (Wildman–Crippen MR) is 280 cm³/mol. The third kappa shape index (κ3) is 6.18. The molecule has 0 unspecified atom stereocenters. The number of rotatable bonds is 7. The van der Waals surface area contributed by atoms with Crippen LogP contribution in [-0.4, -0.2) is 0 Å². The first-order valence-electron chi connectivity index (χ1n) is 22.7. The van der Waals surface area contributed by atoms with E-state index in [-0.39, 0.29) is 0 Å². The van der Waals surface area contributed by atoms with Gasteiger partial charge in [0, 0.05) is 22.1 Å². The van der Waals surface area contributed by atoms with Gasteiger partial charge in [-0.3, -0.25) is 0 Å². The smallest absolute Gasteiger partial charge is 0.145 e. The van der Waals surface area contributed by atoms with Gasteiger partial charge in [-0.1, -0.05) is 206 Å². The molecular formula is C64H41NO. The van der Waals surface area contributed by atoms with E-state index in [1.807, 2.05) is 0 Å². The lowest BCUT2D eigenvalue weighted by molar-refractivity contribution is 0.670. The zero-order valence-corrected chi connectivity index (χ0v) is 36.0. The third-order valence-corrected chi connectivity index (χ3v) is 13.5. The van der Waals surface area contributed by atoms with Crippen molar-refractivity contribution in [1.82, 2.24) is 0 Å². The van der Waals surface area contributed by atoms with Gasteiger partial charge < -0.3 is 9.32 Å². The van der Waals surface area contributed by atoms with Crippen LogP contribution in [0, 0.1) is 0 Å². The Bertz CT molecular complexity index is 3960. The van der Waals surface area contributed by atoms with Crippen molar-refractivity contribution in [2.75, 3.05) is 4.90 Å². The number of nitrogens with zero attached hydrogens (tertiary/aromatic N) is 1. The lowest BCUT2D eigenvalue weighted by Crippen LogP contribution is -2.13. The fourth-order valence-electron chi connectivity index (χ4n) is 10.3. The molecule has 12 aromatic carbocycles. The SMILES string of the molecule is c1ccc(-c2ccc(-c3ccccc3N(c3ccccc3-c3ccc4c5ccccc5c5ccccc5c4c3)c3ccc(-c4ccc5ccccc5c4)c4oc5ccccc5c34)cc2)cc1. The molecule has 0 saturated carbocycles. The van der Waals surface area contributed by atoms with Crippen LogP contribution in [0.1, 0.15) is 0 Å². The molecule has 0 bridgehead atoms. The van der Waals surface area contributed by atoms with Crippen LogP contribution in [0.25, 0.3) is 110 Å². The highest BCUT2D eigenvalue weighted by Gasteiger charge is 2.26. The molecular weight excluding hydrogens is 799 g/mol. The van der Waals surface area contributed by atoms with Crippen molar-refractivity contribution in [3.05, 3.63) is 249 Å². The predicted octanol–water partition coefficient (Wildman–Crippen LogP) is 18.3. The molecule has 2 nitrogen and oxygen atoms in total. The summed E-state index contributed by atoms with van der Waals surface area (Å²) in [5.41, 5.74) is 14.0. The highest BCUT2D eigenvalue weighted by atomic mass is 16.3. The molecule has 1 aromatic heterocycles. The fourth-order valence-corrected chi connectivity index (χ4v) is 10.3. The van der Waals surface area contributed by atoms with Gasteiger partial charge >= 0.3 is 0 Å². The van der Waals surface area contributed by atoms with Crippen LogP contribution in [0.5, 0.6) is 0 Å². The van der Waals surface area contributed by atoms with E-state index >= 15 is 0 Å². The zero-order valence-electron chi connectivity index (χ0n) is 36.0. The monoisotopic (exact) mass is 839 g/mol. The number of hydrogen-bond acceptors (Lipinski definition) is 2. The average Bonchev–Trinajstić information content (AvgIpc) is 3.79. The van der Waals surface area contributed by atoms with Gasteiger partial charge in [0.2, 0.25) is 0 Å². The van der Waals surface area contributed by atoms with Crippen LogP contribution < -0.4 is 4.90 Å². The Morgan fingerprint density at radius 1 is 0.258 bits per heavy atom. The lowest BCUT2D eigenvalue weighted by atomic mass is 9.91. The van der Waals surface area contributed by atoms with Crippen molar-refractivity contribution in [2.45, 2.75) is 0 Å². The van der Waals surface area contributed by atoms with Gasteiger partial charge in [-0.25, -0.2) is 0 Å². The summed E-state index contributed by atoms with van der Waals surface area (Å²) >= 11 is 0. The minimum atomic E-state index is 0.855. The Balaban J connectivity index is 1.08. The van der Waals surface area contributed by atoms with Gasteiger partial charge in [0.15, 0.2) is 0 Å². The second-order valence-corrected chi connectivity index (χ2v) is 17.2. The fraction of sp³-hybridized carbons (Fsp3) is 0. The molecule has 308 valence electrons. The van der Waals surface area contributed by atoms with E-state index in [1.54, 1.807) is 0 Å². The summed E-state index contributed by atoms with van der Waals surface area (Å²) < 4.78 is 7.00. The summed E-state index contributed by atoms with van der Waals surface area (Å²) in [6.07, 6.45) is 0. The van der Waals surface area contributed by atoms with E-state index in [9.17, 15) is 0 Å². The highest BCUT2D eigenvalue weighted by Crippen LogP contribution is 2.51. The van der Waals surface area contributed by atoms with E-state index in [0.29, 0.717) is 0 Å². The van der Waals surface area contributed by atoms with Gasteiger partial charge in [0.1, 0.15) is 11.2 Å². The van der Waals surface area contributed by atoms with Gasteiger partial charge in [0.25, 0.3) is 0 Å². The van der Waals surface area contributed by atoms with Gasteiger partial charge in [-0.2, -0.15) is 0 Å². The number of anilines is 3. The Morgan fingerprint density at radius 2 is 0.742 bits per heavy atom. The van der Waals surface area contributed by atoms with E-state index in [0.717, 1.165) is 72.4 Å². The Labute approximate surface area is 382 Å². The minimum absolute atomic E-state index is 0.855. The lowest BCUT2D eigenvalue weighted by Gasteiger charge is -2.31. The number of benzene rings is 12. The third-order valence-electron chi connectivity index (χ3n) is 13.5. The van der Waals surface area contributed by atoms with Crippen molar-refractivity contribution < 1.29 is 4.42 Å². The average molecular weight is 840 g/mol. The largest absolute Gasteiger partial charge is 0.455 e. The summed E-state index contributed by atoms with van der Waals surface area (Å²) in [7, 11) is 0. The summed E-state index contributed by atoms with van der Waals surface area (Å²) in [4.78, 5) is 2.48. The van der Waals surface area contributed by atoms with Crippen molar-refractivity contribution in [1.29, 1.82) is 0 Å². The molecule has 0 atom stereocenters. The molecule has 0 aliphatic rings. The van der Waals surface area contributed by atoms with Crippen LogP contribution in [0.3, 0.4) is 0 Å². The quantitative estimate of drug-likeness (QED) is 0.149. The molecule has 0 fully saturated rings. The first-order valence-corrected chi connectivity index (χ1v) is 22.7. The molecule has 0 amide bonds. The molecule has 0 N–H and O–H groups in total. The summed E-state index contributed by atoms with van der Waals surface area (Å²) in [5, 5.41) is 12.1. The normalized spacial score (nSPS) is 11.6. The van der Waals surface area contributed by atoms with Gasteiger partial charge in [0.05, 0.1) is 22.4 Å². The maximum Gasteiger partial charge on any atom is 0.145 e. The molecule has 13 rings (SSSR count). The zero-order chi connectivity index (χ0) is 43.6. The Kier molecular flexibility index (Phi) is 8.89. The van der Waals surface area contributed by atoms with Crippen molar-refractivity contribution >= 4 is 82.1 Å². The molecule has 0 saturated heterocycles. The van der Waals surface area contributed by atoms with Crippen LogP contribution >= 0.6 is 0 Å². The Hall–Kier alpha value is -8.72. The summed E-state index contributed by atoms with van der Waals surface area (Å²) in [5.74, 6) is 0. The summed E-state index contributed by atoms with van der Waals surface area (Å²) in [6.45, 7) is 0. The van der Waals surface area contributed by atoms with Crippen LogP contribution in [-0.2, 0) is 0 Å². The van der Waals surface area contributed by atoms with Crippen LogP contribution in [0.15, 0.2) is 253 Å². The first kappa shape index (κ1) is 37.8. The van der Waals surface area contributed by atoms with E-state index in [2.05, 4.69) is 254 Å². The number of fused-ring (bicyclic) bond motifs is 10. The number of furan rings is 1. The second-order valence-electron chi connectivity index (χ2n) is 17.2. The highest BCUT2D eigenvalue weighted by molar-refractivity contribution is 6.26. The topological polar surface area (TPSA) is 16.4 Å². The molecule has 0 aliphatic carbocycles. The number of para-hydroxylation sites is 3. The van der Waals surface area contributed by atoms with Gasteiger partial charge in [-0.05, 0) is 113 Å². The van der Waals surface area contributed by atoms with E-state index < -0.39 is 0 Å². The molecule has 13 aromatic rings. The molecule has 1 heterocycles. The molecule has 66 heavy (non-hydrogen) atoms. The van der Waals surface area contributed by atoms with Crippen LogP contribution in [0.4, 0.5) is 17.1 Å². The Morgan fingerprint density at radius 3 is 1.45 bits per heavy atom. The van der Waals surface area contributed by atoms with Crippen molar-refractivity contribution in [2.24, 2.45) is 0 Å². The molecule has 0 spiro atoms. The molecule has 0 radical (unpaired) electrons. The standard InChI is InChI=1S/C64H41NO/c1-2-16-42(17-3-1)44-30-33-45(34-31-44)49-20-10-13-27-59(49)65(61-39-38-51(47-35-32-43-18-4-5-19-46(43)40-47)64-63(61)57-26-12-15-29-62(57)66-64)60-28-14-11-21-50(60)48-36-37-56-54-24-7-6-22-52(54)53-23-8-9-25-55(53)58(56)41-48/h1-41H. The van der Waals surface area contributed by atoms with Crippen molar-refractivity contribution in [3.63, 3.8) is 0 Å². The molecule has 0 aliphatic heterocycles. The first-order chi connectivity index (χ1) is 32.7. The summed E-state index contributed by atoms with van der Waals surface area (Å²) in [6, 6.07) is 90.3. The number of hydrogen-bond donors (Lipinski definition) is 0. The minimum Gasteiger partial charge on any atom is -0.455 e.